The lowest BCUT2D eigenvalue weighted by atomic mass is 9.83. The van der Waals surface area contributed by atoms with Crippen molar-refractivity contribution in [3.05, 3.63) is 164 Å². The van der Waals surface area contributed by atoms with Gasteiger partial charge in [0, 0.05) is 39.5 Å². The first-order chi connectivity index (χ1) is 20.5. The minimum Gasteiger partial charge on any atom is -0.310 e. The van der Waals surface area contributed by atoms with Crippen molar-refractivity contribution < 1.29 is 0 Å². The summed E-state index contributed by atoms with van der Waals surface area (Å²) in [5.41, 5.74) is 10.3. The summed E-state index contributed by atoms with van der Waals surface area (Å²) in [5.74, 6) is 0.193. The number of hydrogen-bond acceptors (Lipinski definition) is 2. The highest BCUT2D eigenvalue weighted by Crippen LogP contribution is 2.50. The highest BCUT2D eigenvalue weighted by atomic mass is 15.2. The molecule has 2 heteroatoms. The van der Waals surface area contributed by atoms with Crippen molar-refractivity contribution in [3.8, 4) is 0 Å². The quantitative estimate of drug-likeness (QED) is 0.184. The average molecular weight is 553 g/mol. The van der Waals surface area contributed by atoms with E-state index in [2.05, 4.69) is 130 Å². The fourth-order valence-electron chi connectivity index (χ4n) is 5.40. The molecule has 0 spiro atoms. The molecule has 0 aromatic heterocycles. The summed E-state index contributed by atoms with van der Waals surface area (Å²) in [6, 6.07) is 20.8. The lowest BCUT2D eigenvalue weighted by Crippen LogP contribution is -2.24. The van der Waals surface area contributed by atoms with Crippen LogP contribution in [0.4, 0.5) is 22.7 Å². The SMILES string of the molecule is C=C/C=C(\C=C)N(c1ccccc1)c1c(C=C)c(C=C)c(N(C(/C=C\C)=C/C)c2ccccc2)c(C=C)c1C(C)CC. The molecule has 3 aromatic carbocycles. The van der Waals surface area contributed by atoms with Crippen molar-refractivity contribution in [1.29, 1.82) is 0 Å². The molecule has 0 amide bonds. The Morgan fingerprint density at radius 1 is 0.714 bits per heavy atom. The summed E-state index contributed by atoms with van der Waals surface area (Å²) in [4.78, 5) is 4.56. The van der Waals surface area contributed by atoms with Crippen molar-refractivity contribution in [2.75, 3.05) is 9.80 Å². The standard InChI is InChI=1S/C40H44N2/c1-10-24-31(13-4)41(33-26-20-18-21-27-33)39-35(15-6)36(16-7)40(38(30(9)12-3)37(39)17-8)42(32(14-5)25-11-2)34-28-22-19-23-29-34/h10-11,13-30H,2,5-8,12H2,1,3-4,9H3/b24-10-,31-13+,32-25+. The van der Waals surface area contributed by atoms with Crippen LogP contribution in [0.25, 0.3) is 18.2 Å². The summed E-state index contributed by atoms with van der Waals surface area (Å²) < 4.78 is 0. The maximum absolute atomic E-state index is 4.39. The summed E-state index contributed by atoms with van der Waals surface area (Å²) in [5, 5.41) is 0. The van der Waals surface area contributed by atoms with Gasteiger partial charge in [0.1, 0.15) is 0 Å². The van der Waals surface area contributed by atoms with E-state index in [4.69, 9.17) is 0 Å². The van der Waals surface area contributed by atoms with E-state index in [-0.39, 0.29) is 5.92 Å². The second-order valence-electron chi connectivity index (χ2n) is 9.86. The van der Waals surface area contributed by atoms with Gasteiger partial charge in [-0.3, -0.25) is 0 Å². The third-order valence-electron chi connectivity index (χ3n) is 7.44. The number of allylic oxidation sites excluding steroid dienone is 6. The minimum absolute atomic E-state index is 0.193. The van der Waals surface area contributed by atoms with E-state index in [0.29, 0.717) is 0 Å². The topological polar surface area (TPSA) is 6.48 Å². The van der Waals surface area contributed by atoms with Crippen molar-refractivity contribution in [1.82, 2.24) is 0 Å². The molecule has 0 aliphatic heterocycles. The molecule has 0 saturated heterocycles. The molecule has 3 aromatic rings. The smallest absolute Gasteiger partial charge is 0.0616 e. The van der Waals surface area contributed by atoms with Gasteiger partial charge in [-0.05, 0) is 74.2 Å². The Labute approximate surface area is 254 Å². The van der Waals surface area contributed by atoms with Crippen LogP contribution in [0.5, 0.6) is 0 Å². The third-order valence-corrected chi connectivity index (χ3v) is 7.44. The van der Waals surface area contributed by atoms with Gasteiger partial charge in [0.05, 0.1) is 11.4 Å². The zero-order chi connectivity index (χ0) is 30.6. The van der Waals surface area contributed by atoms with Crippen LogP contribution in [0.15, 0.2) is 141 Å². The second-order valence-corrected chi connectivity index (χ2v) is 9.86. The molecule has 0 aliphatic rings. The number of benzene rings is 3. The van der Waals surface area contributed by atoms with E-state index < -0.39 is 0 Å². The first kappa shape index (κ1) is 31.7. The lowest BCUT2D eigenvalue weighted by Gasteiger charge is -2.37. The highest BCUT2D eigenvalue weighted by Gasteiger charge is 2.31. The molecule has 0 aliphatic carbocycles. The van der Waals surface area contributed by atoms with Gasteiger partial charge >= 0.3 is 0 Å². The Morgan fingerprint density at radius 2 is 1.21 bits per heavy atom. The van der Waals surface area contributed by atoms with Gasteiger partial charge in [-0.1, -0.05) is 120 Å². The molecule has 1 atom stereocenters. The van der Waals surface area contributed by atoms with Gasteiger partial charge in [-0.2, -0.15) is 0 Å². The number of rotatable bonds is 14. The molecule has 0 heterocycles. The summed E-state index contributed by atoms with van der Waals surface area (Å²) in [6.07, 6.45) is 18.8. The van der Waals surface area contributed by atoms with Crippen molar-refractivity contribution in [2.45, 2.75) is 40.0 Å². The molecule has 42 heavy (non-hydrogen) atoms. The monoisotopic (exact) mass is 552 g/mol. The van der Waals surface area contributed by atoms with Crippen LogP contribution in [-0.4, -0.2) is 0 Å². The van der Waals surface area contributed by atoms with E-state index in [9.17, 15) is 0 Å². The average Bonchev–Trinajstić information content (AvgIpc) is 3.04. The summed E-state index contributed by atoms with van der Waals surface area (Å²) in [7, 11) is 0. The van der Waals surface area contributed by atoms with Crippen LogP contribution in [0.3, 0.4) is 0 Å². The zero-order valence-corrected chi connectivity index (χ0v) is 25.7. The minimum atomic E-state index is 0.193. The molecule has 1 unspecified atom stereocenters. The van der Waals surface area contributed by atoms with E-state index in [1.807, 2.05) is 49.4 Å². The largest absolute Gasteiger partial charge is 0.310 e. The third kappa shape index (κ3) is 6.24. The molecular formula is C40H44N2. The summed E-state index contributed by atoms with van der Waals surface area (Å²) in [6.45, 7) is 29.9. The van der Waals surface area contributed by atoms with Gasteiger partial charge < -0.3 is 9.80 Å². The van der Waals surface area contributed by atoms with Gasteiger partial charge in [-0.25, -0.2) is 0 Å². The molecule has 0 saturated carbocycles. The van der Waals surface area contributed by atoms with E-state index in [0.717, 1.165) is 57.3 Å². The Balaban J connectivity index is 2.70. The Kier molecular flexibility index (Phi) is 11.5. The molecule has 0 radical (unpaired) electrons. The number of anilines is 4. The normalized spacial score (nSPS) is 12.5. The fraction of sp³-hybridized carbons (Fsp3) is 0.150. The van der Waals surface area contributed by atoms with Crippen LogP contribution in [0, 0.1) is 0 Å². The predicted octanol–water partition coefficient (Wildman–Crippen LogP) is 12.1. The van der Waals surface area contributed by atoms with Crippen molar-refractivity contribution in [2.24, 2.45) is 0 Å². The molecule has 3 rings (SSSR count). The van der Waals surface area contributed by atoms with Crippen LogP contribution in [0.1, 0.15) is 62.3 Å². The Morgan fingerprint density at radius 3 is 1.62 bits per heavy atom. The van der Waals surface area contributed by atoms with Crippen LogP contribution < -0.4 is 9.80 Å². The molecule has 214 valence electrons. The van der Waals surface area contributed by atoms with Crippen LogP contribution in [-0.2, 0) is 0 Å². The maximum Gasteiger partial charge on any atom is 0.0616 e. The van der Waals surface area contributed by atoms with E-state index >= 15 is 0 Å². The zero-order valence-electron chi connectivity index (χ0n) is 25.7. The van der Waals surface area contributed by atoms with E-state index in [1.54, 1.807) is 6.08 Å². The Hall–Kier alpha value is -4.82. The van der Waals surface area contributed by atoms with Crippen LogP contribution >= 0.6 is 0 Å². The number of para-hydroxylation sites is 2. The number of hydrogen-bond donors (Lipinski definition) is 0. The first-order valence-electron chi connectivity index (χ1n) is 14.5. The molecular weight excluding hydrogens is 508 g/mol. The van der Waals surface area contributed by atoms with Gasteiger partial charge in [-0.15, -0.1) is 0 Å². The van der Waals surface area contributed by atoms with Gasteiger partial charge in [0.15, 0.2) is 0 Å². The molecule has 0 fully saturated rings. The maximum atomic E-state index is 4.39. The van der Waals surface area contributed by atoms with Gasteiger partial charge in [0.25, 0.3) is 0 Å². The predicted molar refractivity (Wildman–Crippen MR) is 190 cm³/mol. The summed E-state index contributed by atoms with van der Waals surface area (Å²) >= 11 is 0. The molecule has 0 N–H and O–H groups in total. The van der Waals surface area contributed by atoms with Crippen LogP contribution in [0.2, 0.25) is 0 Å². The van der Waals surface area contributed by atoms with Crippen molar-refractivity contribution in [3.63, 3.8) is 0 Å². The molecule has 2 nitrogen and oxygen atoms in total. The van der Waals surface area contributed by atoms with E-state index in [1.165, 1.54) is 5.56 Å². The lowest BCUT2D eigenvalue weighted by molar-refractivity contribution is 0.731. The van der Waals surface area contributed by atoms with Crippen molar-refractivity contribution >= 4 is 41.0 Å². The Bertz CT molecular complexity index is 1520. The first-order valence-corrected chi connectivity index (χ1v) is 14.5. The highest BCUT2D eigenvalue weighted by molar-refractivity contribution is 5.97. The van der Waals surface area contributed by atoms with Gasteiger partial charge in [0.2, 0.25) is 0 Å². The fourth-order valence-corrected chi connectivity index (χ4v) is 5.40. The molecule has 0 bridgehead atoms. The second kappa shape index (κ2) is 15.3. The number of nitrogens with zero attached hydrogens (tertiary/aromatic N) is 2.